The maximum atomic E-state index is 12.3. The van der Waals surface area contributed by atoms with Gasteiger partial charge >= 0.3 is 6.09 Å². The number of nitrogens with zero attached hydrogens (tertiary/aromatic N) is 3. The lowest BCUT2D eigenvalue weighted by Gasteiger charge is -2.39. The molecule has 2 atom stereocenters. The summed E-state index contributed by atoms with van der Waals surface area (Å²) in [7, 11) is 1.66. The smallest absolute Gasteiger partial charge is 0.407 e. The molecule has 2 aromatic rings. The molecule has 8 nitrogen and oxygen atoms in total. The molecule has 162 valence electrons. The average Bonchev–Trinajstić information content (AvgIpc) is 3.14. The molecule has 3 rings (SSSR count). The lowest BCUT2D eigenvalue weighted by molar-refractivity contribution is -0.117. The zero-order chi connectivity index (χ0) is 21.8. The summed E-state index contributed by atoms with van der Waals surface area (Å²) in [5.41, 5.74) is 3.64. The monoisotopic (exact) mass is 414 g/mol. The van der Waals surface area contributed by atoms with Gasteiger partial charge in [-0.3, -0.25) is 9.48 Å². The molecular weight excluding hydrogens is 384 g/mol. The van der Waals surface area contributed by atoms with Crippen molar-refractivity contribution < 1.29 is 19.1 Å². The van der Waals surface area contributed by atoms with Gasteiger partial charge in [0.25, 0.3) is 0 Å². The lowest BCUT2D eigenvalue weighted by atomic mass is 9.89. The Morgan fingerprint density at radius 1 is 1.30 bits per heavy atom. The van der Waals surface area contributed by atoms with Gasteiger partial charge in [0.15, 0.2) is 0 Å². The predicted octanol–water partition coefficient (Wildman–Crippen LogP) is 3.52. The van der Waals surface area contributed by atoms with Crippen LogP contribution in [-0.4, -0.2) is 47.6 Å². The summed E-state index contributed by atoms with van der Waals surface area (Å²) in [6.45, 7) is 8.43. The molecule has 0 saturated carbocycles. The fraction of sp³-hybridized carbons (Fsp3) is 0.500. The molecule has 1 aliphatic rings. The van der Waals surface area contributed by atoms with Crippen LogP contribution in [0.2, 0.25) is 0 Å². The van der Waals surface area contributed by atoms with Crippen molar-refractivity contribution in [2.75, 3.05) is 18.6 Å². The number of carbonyl (C=O) groups excluding carboxylic acids is 2. The first-order chi connectivity index (χ1) is 14.3. The molecule has 0 bridgehead atoms. The van der Waals surface area contributed by atoms with E-state index >= 15 is 0 Å². The lowest BCUT2D eigenvalue weighted by Crippen LogP contribution is -2.45. The van der Waals surface area contributed by atoms with Gasteiger partial charge in [-0.05, 0) is 50.5 Å². The van der Waals surface area contributed by atoms with Crippen LogP contribution in [0.3, 0.4) is 0 Å². The number of ether oxygens (including phenoxy) is 2. The second-order valence-corrected chi connectivity index (χ2v) is 7.88. The second-order valence-electron chi connectivity index (χ2n) is 7.88. The Kier molecular flexibility index (Phi) is 6.77. The summed E-state index contributed by atoms with van der Waals surface area (Å²) in [5.74, 6) is -0.0212. The van der Waals surface area contributed by atoms with Gasteiger partial charge in [-0.15, -0.1) is 0 Å². The zero-order valence-electron chi connectivity index (χ0n) is 18.2. The first-order valence-corrected chi connectivity index (χ1v) is 10.2. The number of fused-ring (bicyclic) bond motifs is 1. The highest BCUT2D eigenvalue weighted by atomic mass is 16.6. The van der Waals surface area contributed by atoms with Crippen LogP contribution in [0.5, 0.6) is 0 Å². The third kappa shape index (κ3) is 4.81. The Balaban J connectivity index is 1.95. The molecule has 2 heterocycles. The highest BCUT2D eigenvalue weighted by Gasteiger charge is 2.33. The van der Waals surface area contributed by atoms with E-state index in [2.05, 4.69) is 10.4 Å². The number of aromatic nitrogens is 2. The highest BCUT2D eigenvalue weighted by molar-refractivity contribution is 5.94. The number of nitrogens with one attached hydrogen (secondary N) is 1. The fourth-order valence-corrected chi connectivity index (χ4v) is 3.87. The molecule has 2 unspecified atom stereocenters. The van der Waals surface area contributed by atoms with E-state index in [9.17, 15) is 9.59 Å². The molecule has 0 aliphatic carbocycles. The minimum Gasteiger partial charge on any atom is -0.447 e. The SMILES string of the molecule is COCCn1cc(-c2ccc3c(c2)C(NC(=O)OC(C)C)CC(C)N3C(C)=O)cn1. The summed E-state index contributed by atoms with van der Waals surface area (Å²) >= 11 is 0. The van der Waals surface area contributed by atoms with E-state index in [0.29, 0.717) is 19.6 Å². The van der Waals surface area contributed by atoms with Crippen molar-refractivity contribution in [3.8, 4) is 11.1 Å². The number of benzene rings is 1. The summed E-state index contributed by atoms with van der Waals surface area (Å²) in [6.07, 6.45) is 3.72. The molecular formula is C22H30N4O4. The number of amides is 2. The van der Waals surface area contributed by atoms with Crippen molar-refractivity contribution in [1.82, 2.24) is 15.1 Å². The summed E-state index contributed by atoms with van der Waals surface area (Å²) in [6, 6.07) is 5.65. The van der Waals surface area contributed by atoms with Crippen LogP contribution in [0.25, 0.3) is 11.1 Å². The third-order valence-corrected chi connectivity index (χ3v) is 5.15. The van der Waals surface area contributed by atoms with Gasteiger partial charge in [0.05, 0.1) is 31.5 Å². The van der Waals surface area contributed by atoms with Gasteiger partial charge in [-0.2, -0.15) is 5.10 Å². The largest absolute Gasteiger partial charge is 0.447 e. The normalized spacial score (nSPS) is 18.3. The number of anilines is 1. The minimum atomic E-state index is -0.456. The van der Waals surface area contributed by atoms with Crippen LogP contribution in [0, 0.1) is 0 Å². The highest BCUT2D eigenvalue weighted by Crippen LogP contribution is 2.39. The van der Waals surface area contributed by atoms with Crippen molar-refractivity contribution >= 4 is 17.7 Å². The van der Waals surface area contributed by atoms with E-state index in [-0.39, 0.29) is 24.1 Å². The van der Waals surface area contributed by atoms with E-state index in [1.807, 2.05) is 49.8 Å². The van der Waals surface area contributed by atoms with Crippen LogP contribution in [-0.2, 0) is 20.8 Å². The van der Waals surface area contributed by atoms with Gasteiger partial charge < -0.3 is 19.7 Å². The molecule has 0 radical (unpaired) electrons. The van der Waals surface area contributed by atoms with E-state index in [4.69, 9.17) is 9.47 Å². The first kappa shape index (κ1) is 21.8. The van der Waals surface area contributed by atoms with E-state index in [1.165, 1.54) is 0 Å². The Morgan fingerprint density at radius 2 is 2.07 bits per heavy atom. The maximum Gasteiger partial charge on any atom is 0.407 e. The van der Waals surface area contributed by atoms with Gasteiger partial charge in [0.2, 0.25) is 5.91 Å². The Morgan fingerprint density at radius 3 is 2.73 bits per heavy atom. The summed E-state index contributed by atoms with van der Waals surface area (Å²) in [5, 5.41) is 7.35. The Bertz CT molecular complexity index is 908. The molecule has 0 fully saturated rings. The van der Waals surface area contributed by atoms with E-state index in [1.54, 1.807) is 25.1 Å². The van der Waals surface area contributed by atoms with Crippen LogP contribution in [0.1, 0.15) is 45.7 Å². The fourth-order valence-electron chi connectivity index (χ4n) is 3.87. The van der Waals surface area contributed by atoms with Gasteiger partial charge in [-0.25, -0.2) is 4.79 Å². The number of alkyl carbamates (subject to hydrolysis) is 1. The number of methoxy groups -OCH3 is 1. The molecule has 2 amide bonds. The standard InChI is InChI=1S/C22H30N4O4/c1-14(2)30-22(28)24-20-10-15(3)26(16(4)27)21-7-6-17(11-19(20)21)18-12-23-25(13-18)8-9-29-5/h6-7,11-15,20H,8-10H2,1-5H3,(H,24,28). The summed E-state index contributed by atoms with van der Waals surface area (Å²) < 4.78 is 12.2. The van der Waals surface area contributed by atoms with Crippen LogP contribution < -0.4 is 10.2 Å². The molecule has 30 heavy (non-hydrogen) atoms. The maximum absolute atomic E-state index is 12.3. The quantitative estimate of drug-likeness (QED) is 0.782. The van der Waals surface area contributed by atoms with Crippen molar-refractivity contribution in [1.29, 1.82) is 0 Å². The molecule has 0 spiro atoms. The number of carbonyl (C=O) groups is 2. The number of rotatable bonds is 6. The molecule has 1 aromatic carbocycles. The van der Waals surface area contributed by atoms with Crippen molar-refractivity contribution in [3.05, 3.63) is 36.2 Å². The minimum absolute atomic E-state index is 0.0212. The van der Waals surface area contributed by atoms with Gasteiger partial charge in [-0.1, -0.05) is 6.07 Å². The van der Waals surface area contributed by atoms with Crippen LogP contribution >= 0.6 is 0 Å². The summed E-state index contributed by atoms with van der Waals surface area (Å²) in [4.78, 5) is 26.4. The Hall–Kier alpha value is -2.87. The van der Waals surface area contributed by atoms with Gasteiger partial charge in [0, 0.05) is 37.5 Å². The van der Waals surface area contributed by atoms with Crippen molar-refractivity contribution in [3.63, 3.8) is 0 Å². The molecule has 1 aliphatic heterocycles. The molecule has 1 aromatic heterocycles. The van der Waals surface area contributed by atoms with Crippen LogP contribution in [0.4, 0.5) is 10.5 Å². The number of hydrogen-bond donors (Lipinski definition) is 1. The van der Waals surface area contributed by atoms with Crippen LogP contribution in [0.15, 0.2) is 30.6 Å². The van der Waals surface area contributed by atoms with Gasteiger partial charge in [0.1, 0.15) is 0 Å². The average molecular weight is 415 g/mol. The van der Waals surface area contributed by atoms with E-state index in [0.717, 1.165) is 22.4 Å². The molecule has 8 heteroatoms. The molecule has 0 saturated heterocycles. The topological polar surface area (TPSA) is 85.7 Å². The first-order valence-electron chi connectivity index (χ1n) is 10.2. The van der Waals surface area contributed by atoms with E-state index < -0.39 is 6.09 Å². The van der Waals surface area contributed by atoms with Crippen molar-refractivity contribution in [2.24, 2.45) is 0 Å². The third-order valence-electron chi connectivity index (χ3n) is 5.15. The second kappa shape index (κ2) is 9.30. The Labute approximate surface area is 177 Å². The zero-order valence-corrected chi connectivity index (χ0v) is 18.2. The number of hydrogen-bond acceptors (Lipinski definition) is 5. The predicted molar refractivity (Wildman–Crippen MR) is 114 cm³/mol. The van der Waals surface area contributed by atoms with Crippen molar-refractivity contribution in [2.45, 2.75) is 58.8 Å². The molecule has 1 N–H and O–H groups in total.